The van der Waals surface area contributed by atoms with Crippen molar-refractivity contribution in [2.45, 2.75) is 32.7 Å². The van der Waals surface area contributed by atoms with E-state index in [-0.39, 0.29) is 11.9 Å². The number of carbonyl (C=O) groups is 1. The van der Waals surface area contributed by atoms with Crippen molar-refractivity contribution in [2.75, 3.05) is 23.7 Å². The van der Waals surface area contributed by atoms with Gasteiger partial charge in [0.15, 0.2) is 0 Å². The minimum Gasteiger partial charge on any atom is -0.366 e. The third-order valence-electron chi connectivity index (χ3n) is 4.98. The third-order valence-corrected chi connectivity index (χ3v) is 5.41. The Balaban J connectivity index is 1.82. The molecule has 8 heteroatoms. The molecule has 1 atom stereocenters. The zero-order chi connectivity index (χ0) is 20.1. The van der Waals surface area contributed by atoms with Crippen LogP contribution in [0.25, 0.3) is 0 Å². The molecule has 0 spiro atoms. The van der Waals surface area contributed by atoms with Crippen molar-refractivity contribution in [3.63, 3.8) is 0 Å². The molecule has 1 amide bonds. The number of hydrogen-bond acceptors (Lipinski definition) is 5. The molecule has 1 saturated heterocycles. The smallest absolute Gasteiger partial charge is 0.260 e. The molecule has 1 aliphatic heterocycles. The van der Waals surface area contributed by atoms with Crippen LogP contribution in [-0.2, 0) is 0 Å². The predicted molar refractivity (Wildman–Crippen MR) is 114 cm³/mol. The summed E-state index contributed by atoms with van der Waals surface area (Å²) >= 11 is 12.0. The molecule has 0 aromatic carbocycles. The molecule has 6 nitrogen and oxygen atoms in total. The van der Waals surface area contributed by atoms with Crippen LogP contribution >= 0.6 is 23.2 Å². The SMILES string of the molecule is CC(C)C(Nc1ncc(Cl)cc1C(=O)Nc1ccc(Cl)cn1)C1CCNCC1. The number of hydrogen-bond donors (Lipinski definition) is 3. The van der Waals surface area contributed by atoms with Gasteiger partial charge in [-0.15, -0.1) is 0 Å². The first-order valence-electron chi connectivity index (χ1n) is 9.49. The highest BCUT2D eigenvalue weighted by molar-refractivity contribution is 6.31. The standard InChI is InChI=1S/C20H25Cl2N5O/c1-12(2)18(13-5-7-23-8-6-13)27-19-16(9-15(22)11-25-19)20(28)26-17-4-3-14(21)10-24-17/h3-4,9-13,18,23H,5-8H2,1-2H3,(H,25,27)(H,24,26,28). The number of rotatable bonds is 6. The molecule has 28 heavy (non-hydrogen) atoms. The second-order valence-corrected chi connectivity index (χ2v) is 8.24. The van der Waals surface area contributed by atoms with Gasteiger partial charge in [-0.25, -0.2) is 9.97 Å². The van der Waals surface area contributed by atoms with E-state index < -0.39 is 0 Å². The van der Waals surface area contributed by atoms with Crippen molar-refractivity contribution in [3.8, 4) is 0 Å². The minimum absolute atomic E-state index is 0.219. The van der Waals surface area contributed by atoms with Gasteiger partial charge in [-0.1, -0.05) is 37.0 Å². The van der Waals surface area contributed by atoms with Gasteiger partial charge >= 0.3 is 0 Å². The lowest BCUT2D eigenvalue weighted by Gasteiger charge is -2.34. The summed E-state index contributed by atoms with van der Waals surface area (Å²) in [6.45, 7) is 6.40. The van der Waals surface area contributed by atoms with E-state index in [0.717, 1.165) is 25.9 Å². The summed E-state index contributed by atoms with van der Waals surface area (Å²) in [6.07, 6.45) is 5.23. The van der Waals surface area contributed by atoms with E-state index in [4.69, 9.17) is 23.2 Å². The van der Waals surface area contributed by atoms with E-state index >= 15 is 0 Å². The Hall–Kier alpha value is -1.89. The van der Waals surface area contributed by atoms with Gasteiger partial charge in [-0.3, -0.25) is 4.79 Å². The zero-order valence-electron chi connectivity index (χ0n) is 16.0. The Morgan fingerprint density at radius 2 is 1.86 bits per heavy atom. The quantitative estimate of drug-likeness (QED) is 0.640. The molecule has 2 aromatic heterocycles. The van der Waals surface area contributed by atoms with Crippen LogP contribution in [-0.4, -0.2) is 35.0 Å². The van der Waals surface area contributed by atoms with Gasteiger partial charge in [-0.2, -0.15) is 0 Å². The number of amides is 1. The van der Waals surface area contributed by atoms with Crippen LogP contribution in [0.1, 0.15) is 37.0 Å². The summed E-state index contributed by atoms with van der Waals surface area (Å²) in [5.41, 5.74) is 0.392. The first kappa shape index (κ1) is 20.8. The molecule has 1 unspecified atom stereocenters. The third kappa shape index (κ3) is 5.34. The predicted octanol–water partition coefficient (Wildman–Crippen LogP) is 4.47. The topological polar surface area (TPSA) is 78.9 Å². The van der Waals surface area contributed by atoms with Crippen LogP contribution in [0.3, 0.4) is 0 Å². The lowest BCUT2D eigenvalue weighted by Crippen LogP contribution is -2.41. The zero-order valence-corrected chi connectivity index (χ0v) is 17.5. The van der Waals surface area contributed by atoms with Crippen molar-refractivity contribution >= 4 is 40.7 Å². The molecule has 150 valence electrons. The summed E-state index contributed by atoms with van der Waals surface area (Å²) in [6, 6.07) is 5.17. The van der Waals surface area contributed by atoms with Gasteiger partial charge in [0, 0.05) is 18.4 Å². The highest BCUT2D eigenvalue weighted by Crippen LogP contribution is 2.27. The van der Waals surface area contributed by atoms with Crippen LogP contribution in [0, 0.1) is 11.8 Å². The van der Waals surface area contributed by atoms with Crippen molar-refractivity contribution in [2.24, 2.45) is 11.8 Å². The van der Waals surface area contributed by atoms with Crippen LogP contribution < -0.4 is 16.0 Å². The fourth-order valence-electron chi connectivity index (χ4n) is 3.55. The first-order valence-corrected chi connectivity index (χ1v) is 10.3. The maximum atomic E-state index is 12.9. The number of anilines is 2. The van der Waals surface area contributed by atoms with Crippen LogP contribution in [0.2, 0.25) is 10.0 Å². The second-order valence-electron chi connectivity index (χ2n) is 7.37. The van der Waals surface area contributed by atoms with Gasteiger partial charge in [0.05, 0.1) is 15.6 Å². The normalized spacial score (nSPS) is 16.0. The average Bonchev–Trinajstić information content (AvgIpc) is 2.69. The maximum Gasteiger partial charge on any atom is 0.260 e. The maximum absolute atomic E-state index is 12.9. The molecule has 3 N–H and O–H groups in total. The van der Waals surface area contributed by atoms with Crippen LogP contribution in [0.4, 0.5) is 11.6 Å². The number of pyridine rings is 2. The fourth-order valence-corrected chi connectivity index (χ4v) is 3.82. The Labute approximate surface area is 175 Å². The van der Waals surface area contributed by atoms with Crippen molar-refractivity contribution < 1.29 is 4.79 Å². The largest absolute Gasteiger partial charge is 0.366 e. The number of piperidine rings is 1. The number of aromatic nitrogens is 2. The van der Waals surface area contributed by atoms with Crippen molar-refractivity contribution in [1.82, 2.24) is 15.3 Å². The van der Waals surface area contributed by atoms with Gasteiger partial charge < -0.3 is 16.0 Å². The summed E-state index contributed by atoms with van der Waals surface area (Å²) in [5, 5.41) is 10.6. The fraction of sp³-hybridized carbons (Fsp3) is 0.450. The molecule has 0 saturated carbocycles. The number of halogens is 2. The molecule has 0 aliphatic carbocycles. The van der Waals surface area contributed by atoms with Gasteiger partial charge in [0.2, 0.25) is 0 Å². The van der Waals surface area contributed by atoms with E-state index in [1.54, 1.807) is 24.4 Å². The molecule has 0 radical (unpaired) electrons. The first-order chi connectivity index (χ1) is 13.4. The lowest BCUT2D eigenvalue weighted by atomic mass is 9.84. The highest BCUT2D eigenvalue weighted by Gasteiger charge is 2.28. The van der Waals surface area contributed by atoms with Gasteiger partial charge in [0.1, 0.15) is 11.6 Å². The molecule has 1 fully saturated rings. The van der Waals surface area contributed by atoms with Crippen LogP contribution in [0.5, 0.6) is 0 Å². The Morgan fingerprint density at radius 3 is 2.50 bits per heavy atom. The van der Waals surface area contributed by atoms with E-state index in [9.17, 15) is 4.79 Å². The van der Waals surface area contributed by atoms with Gasteiger partial charge in [0.25, 0.3) is 5.91 Å². The summed E-state index contributed by atoms with van der Waals surface area (Å²) in [7, 11) is 0. The van der Waals surface area contributed by atoms with E-state index in [2.05, 4.69) is 39.8 Å². The summed E-state index contributed by atoms with van der Waals surface area (Å²) in [4.78, 5) is 21.4. The van der Waals surface area contributed by atoms with E-state index in [0.29, 0.717) is 39.1 Å². The molecular weight excluding hydrogens is 397 g/mol. The lowest BCUT2D eigenvalue weighted by molar-refractivity contribution is 0.102. The summed E-state index contributed by atoms with van der Waals surface area (Å²) < 4.78 is 0. The van der Waals surface area contributed by atoms with Crippen LogP contribution in [0.15, 0.2) is 30.6 Å². The van der Waals surface area contributed by atoms with Crippen molar-refractivity contribution in [3.05, 3.63) is 46.2 Å². The van der Waals surface area contributed by atoms with E-state index in [1.165, 1.54) is 6.20 Å². The summed E-state index contributed by atoms with van der Waals surface area (Å²) in [5.74, 6) is 1.55. The molecule has 2 aromatic rings. The van der Waals surface area contributed by atoms with Crippen molar-refractivity contribution in [1.29, 1.82) is 0 Å². The Bertz CT molecular complexity index is 807. The molecule has 3 heterocycles. The van der Waals surface area contributed by atoms with E-state index in [1.807, 2.05) is 0 Å². The Kier molecular flexibility index (Phi) is 7.10. The minimum atomic E-state index is -0.319. The highest BCUT2D eigenvalue weighted by atomic mass is 35.5. The molecule has 0 bridgehead atoms. The Morgan fingerprint density at radius 1 is 1.14 bits per heavy atom. The van der Waals surface area contributed by atoms with Gasteiger partial charge in [-0.05, 0) is 56.0 Å². The number of nitrogens with one attached hydrogen (secondary N) is 3. The monoisotopic (exact) mass is 421 g/mol. The molecule has 3 rings (SSSR count). The molecule has 1 aliphatic rings. The second kappa shape index (κ2) is 9.54. The average molecular weight is 422 g/mol. The number of nitrogens with zero attached hydrogens (tertiary/aromatic N) is 2. The molecular formula is C20H25Cl2N5O. The number of carbonyl (C=O) groups excluding carboxylic acids is 1.